The lowest BCUT2D eigenvalue weighted by Gasteiger charge is -2.26. The second-order valence-electron chi connectivity index (χ2n) is 4.09. The van der Waals surface area contributed by atoms with Crippen LogP contribution in [0, 0.1) is 6.92 Å². The van der Waals surface area contributed by atoms with Crippen molar-refractivity contribution in [2.75, 3.05) is 20.2 Å². The lowest BCUT2D eigenvalue weighted by molar-refractivity contribution is -0.719. The van der Waals surface area contributed by atoms with Gasteiger partial charge in [-0.2, -0.15) is 0 Å². The number of nitrogens with zero attached hydrogens (tertiary/aromatic N) is 1. The first-order valence-corrected chi connectivity index (χ1v) is 6.35. The standard InChI is InChI=1S/C11H14N2O3S.BrH/c1-7-6-17-10-8(7)9(15)13(4-3-5-14)11(16)12(10)2;/h6,14H,3-5H2,1-2H3;1H. The summed E-state index contributed by atoms with van der Waals surface area (Å²) in [7, 11) is 1.75. The zero-order valence-electron chi connectivity index (χ0n) is 10.2. The van der Waals surface area contributed by atoms with Crippen molar-refractivity contribution in [2.24, 2.45) is 0 Å². The monoisotopic (exact) mass is 334 g/mol. The van der Waals surface area contributed by atoms with E-state index in [1.165, 1.54) is 16.2 Å². The Morgan fingerprint density at radius 3 is 2.72 bits per heavy atom. The van der Waals surface area contributed by atoms with E-state index in [1.807, 2.05) is 12.3 Å². The minimum Gasteiger partial charge on any atom is -1.00 e. The van der Waals surface area contributed by atoms with Gasteiger partial charge in [-0.05, 0) is 18.9 Å². The van der Waals surface area contributed by atoms with Crippen LogP contribution in [0.2, 0.25) is 0 Å². The summed E-state index contributed by atoms with van der Waals surface area (Å²) in [4.78, 5) is 26.0. The first-order chi connectivity index (χ1) is 8.07. The predicted molar refractivity (Wildman–Crippen MR) is 63.7 cm³/mol. The van der Waals surface area contributed by atoms with Crippen LogP contribution in [-0.2, 0) is 0 Å². The fourth-order valence-corrected chi connectivity index (χ4v) is 2.99. The third kappa shape index (κ3) is 2.35. The molecule has 7 heteroatoms. The summed E-state index contributed by atoms with van der Waals surface area (Å²) in [6.07, 6.45) is 0.420. The van der Waals surface area contributed by atoms with E-state index in [1.54, 1.807) is 7.05 Å². The number of fused-ring (bicyclic) bond motifs is 1. The highest BCUT2D eigenvalue weighted by atomic mass is 79.9. The van der Waals surface area contributed by atoms with Gasteiger partial charge in [-0.15, -0.1) is 0 Å². The molecule has 1 aliphatic heterocycles. The van der Waals surface area contributed by atoms with Crippen molar-refractivity contribution in [2.45, 2.75) is 13.3 Å². The summed E-state index contributed by atoms with van der Waals surface area (Å²) >= 11 is 1.44. The van der Waals surface area contributed by atoms with Crippen molar-refractivity contribution in [1.82, 2.24) is 4.90 Å². The second-order valence-corrected chi connectivity index (χ2v) is 4.97. The van der Waals surface area contributed by atoms with Crippen molar-refractivity contribution < 1.29 is 36.6 Å². The van der Waals surface area contributed by atoms with Crippen molar-refractivity contribution >= 4 is 28.3 Å². The molecule has 100 valence electrons. The number of quaternary nitrogens is 1. The Kier molecular flexibility index (Phi) is 5.03. The fourth-order valence-electron chi connectivity index (χ4n) is 1.94. The Labute approximate surface area is 120 Å². The van der Waals surface area contributed by atoms with Crippen molar-refractivity contribution in [3.63, 3.8) is 0 Å². The van der Waals surface area contributed by atoms with Crippen LogP contribution in [0.15, 0.2) is 5.38 Å². The van der Waals surface area contributed by atoms with E-state index in [-0.39, 0.29) is 42.1 Å². The average molecular weight is 335 g/mol. The van der Waals surface area contributed by atoms with Gasteiger partial charge >= 0.3 is 6.03 Å². The number of rotatable bonds is 3. The van der Waals surface area contributed by atoms with Crippen LogP contribution in [0.5, 0.6) is 0 Å². The number of halogens is 1. The largest absolute Gasteiger partial charge is 1.00 e. The number of carbonyl (C=O) groups is 2. The van der Waals surface area contributed by atoms with Crippen LogP contribution in [0.1, 0.15) is 22.3 Å². The number of urea groups is 1. The van der Waals surface area contributed by atoms with Crippen LogP contribution in [0.25, 0.3) is 0 Å². The van der Waals surface area contributed by atoms with Crippen molar-refractivity contribution in [3.05, 3.63) is 16.5 Å². The molecule has 0 fully saturated rings. The van der Waals surface area contributed by atoms with E-state index in [0.29, 0.717) is 16.9 Å². The summed E-state index contributed by atoms with van der Waals surface area (Å²) in [6.45, 7) is 2.13. The number of aliphatic hydroxyl groups excluding tert-OH is 1. The Hall–Kier alpha value is -0.760. The number of hydrogen-bond acceptors (Lipinski definition) is 4. The van der Waals surface area contributed by atoms with Gasteiger partial charge in [0.25, 0.3) is 5.91 Å². The molecule has 0 radical (unpaired) electrons. The van der Waals surface area contributed by atoms with Gasteiger partial charge < -0.3 is 22.1 Å². The summed E-state index contributed by atoms with van der Waals surface area (Å²) in [5.74, 6) is -0.234. The Morgan fingerprint density at radius 1 is 1.44 bits per heavy atom. The first-order valence-electron chi connectivity index (χ1n) is 5.47. The molecule has 0 bridgehead atoms. The number of nitrogens with one attached hydrogen (secondary N) is 1. The van der Waals surface area contributed by atoms with Gasteiger partial charge in [0.05, 0.1) is 7.05 Å². The maximum Gasteiger partial charge on any atom is 0.430 e. The lowest BCUT2D eigenvalue weighted by atomic mass is 10.1. The topological polar surface area (TPSA) is 62.1 Å². The summed E-state index contributed by atoms with van der Waals surface area (Å²) in [6, 6.07) is -0.238. The Balaban J connectivity index is 0.00000162. The number of carbonyl (C=O) groups excluding carboxylic acids is 2. The van der Waals surface area contributed by atoms with Gasteiger partial charge in [0.2, 0.25) is 5.00 Å². The van der Waals surface area contributed by atoms with Crippen molar-refractivity contribution in [3.8, 4) is 0 Å². The van der Waals surface area contributed by atoms with Crippen LogP contribution < -0.4 is 21.9 Å². The molecule has 1 aromatic rings. The lowest BCUT2D eigenvalue weighted by Crippen LogP contribution is -3.10. The zero-order chi connectivity index (χ0) is 12.6. The molecule has 5 nitrogen and oxygen atoms in total. The third-order valence-corrected chi connectivity index (χ3v) is 4.10. The SMILES string of the molecule is Cc1csc2c1C(=O)N(CCCO)C(=O)[NH+]2C.[Br-]. The molecular weight excluding hydrogens is 320 g/mol. The number of thiophene rings is 1. The van der Waals surface area contributed by atoms with Gasteiger partial charge in [-0.3, -0.25) is 4.79 Å². The van der Waals surface area contributed by atoms with Gasteiger partial charge in [0.1, 0.15) is 5.56 Å². The third-order valence-electron chi connectivity index (χ3n) is 2.88. The minimum atomic E-state index is -0.238. The van der Waals surface area contributed by atoms with Crippen LogP contribution in [0.4, 0.5) is 9.80 Å². The van der Waals surface area contributed by atoms with Gasteiger partial charge in [-0.25, -0.2) is 14.6 Å². The molecular formula is C11H15BrN2O3S. The van der Waals surface area contributed by atoms with E-state index in [0.717, 1.165) is 10.6 Å². The smallest absolute Gasteiger partial charge is 0.430 e. The predicted octanol–water partition coefficient (Wildman–Crippen LogP) is -2.84. The van der Waals surface area contributed by atoms with Crippen LogP contribution >= 0.6 is 11.3 Å². The number of aliphatic hydroxyl groups is 1. The minimum absolute atomic E-state index is 0. The summed E-state index contributed by atoms with van der Waals surface area (Å²) < 4.78 is 0. The highest BCUT2D eigenvalue weighted by Gasteiger charge is 2.41. The highest BCUT2D eigenvalue weighted by molar-refractivity contribution is 7.14. The number of hydrogen-bond donors (Lipinski definition) is 2. The maximum atomic E-state index is 12.2. The fraction of sp³-hybridized carbons (Fsp3) is 0.455. The number of imide groups is 1. The van der Waals surface area contributed by atoms with Crippen LogP contribution in [0.3, 0.4) is 0 Å². The molecule has 0 saturated carbocycles. The van der Waals surface area contributed by atoms with E-state index in [2.05, 4.69) is 0 Å². The molecule has 0 saturated heterocycles. The molecule has 1 aliphatic rings. The van der Waals surface area contributed by atoms with E-state index in [9.17, 15) is 9.59 Å². The van der Waals surface area contributed by atoms with E-state index >= 15 is 0 Å². The molecule has 2 N–H and O–H groups in total. The molecule has 2 rings (SSSR count). The molecule has 0 spiro atoms. The van der Waals surface area contributed by atoms with Gasteiger partial charge in [0, 0.05) is 18.5 Å². The molecule has 0 aliphatic carbocycles. The number of amides is 3. The van der Waals surface area contributed by atoms with E-state index in [4.69, 9.17) is 5.11 Å². The molecule has 1 aromatic heterocycles. The first kappa shape index (κ1) is 15.3. The Bertz CT molecular complexity index is 475. The Morgan fingerprint density at radius 2 is 2.11 bits per heavy atom. The normalized spacial score (nSPS) is 18.6. The average Bonchev–Trinajstić information content (AvgIpc) is 2.69. The van der Waals surface area contributed by atoms with Crippen LogP contribution in [-0.4, -0.2) is 42.1 Å². The van der Waals surface area contributed by atoms with E-state index < -0.39 is 0 Å². The highest BCUT2D eigenvalue weighted by Crippen LogP contribution is 2.28. The van der Waals surface area contributed by atoms with Gasteiger partial charge in [-0.1, -0.05) is 11.3 Å². The zero-order valence-corrected chi connectivity index (χ0v) is 12.6. The molecule has 1 unspecified atom stereocenters. The maximum absolute atomic E-state index is 12.2. The summed E-state index contributed by atoms with van der Waals surface area (Å²) in [5.41, 5.74) is 1.56. The molecule has 2 heterocycles. The quantitative estimate of drug-likeness (QED) is 0.626. The molecule has 3 amide bonds. The van der Waals surface area contributed by atoms with Gasteiger partial charge in [0.15, 0.2) is 0 Å². The molecule has 0 aromatic carbocycles. The second kappa shape index (κ2) is 5.92. The number of aryl methyl sites for hydroxylation is 1. The molecule has 1 atom stereocenters. The van der Waals surface area contributed by atoms with Crippen molar-refractivity contribution in [1.29, 1.82) is 0 Å². The molecule has 18 heavy (non-hydrogen) atoms. The summed E-state index contributed by atoms with van der Waals surface area (Å²) in [5, 5.41) is 11.5.